The zero-order chi connectivity index (χ0) is 66.2. The van der Waals surface area contributed by atoms with Crippen LogP contribution in [0.2, 0.25) is 0 Å². The Balaban J connectivity index is 0.954. The number of benzene rings is 12. The fraction of sp³-hybridized carbons (Fsp3) is 0.163. The first kappa shape index (κ1) is 63.9. The van der Waals surface area contributed by atoms with E-state index in [1.54, 1.807) is 0 Å². The lowest BCUT2D eigenvalue weighted by Crippen LogP contribution is -2.37. The van der Waals surface area contributed by atoms with Crippen molar-refractivity contribution in [3.05, 3.63) is 370 Å². The highest BCUT2D eigenvalue weighted by molar-refractivity contribution is 5.67. The fourth-order valence-electron chi connectivity index (χ4n) is 12.4. The van der Waals surface area contributed by atoms with Gasteiger partial charge in [-0.25, -0.2) is 0 Å². The molecule has 0 saturated heterocycles. The summed E-state index contributed by atoms with van der Waals surface area (Å²) >= 11 is 0. The minimum absolute atomic E-state index is 0.0638. The molecule has 490 valence electrons. The SMILES string of the molecule is O[C@@H]1Cc2c(OCc3ccccc3)cc(OCc3ccccc3)c(C3c4c(OCc5ccccc5)cc(OCc5ccccc5)cc4O[C@H](c4ccc(OCc5ccccc5)c(OCc5ccccc5)c4)[C@@H]3O)c2O[C@@H]1c1ccc(OCc2ccccc2)c(OCc2ccccc2)c1. The van der Waals surface area contributed by atoms with Crippen LogP contribution in [0.15, 0.2) is 297 Å². The topological polar surface area (TPSA) is 133 Å². The molecule has 98 heavy (non-hydrogen) atoms. The van der Waals surface area contributed by atoms with Gasteiger partial charge in [-0.05, 0) is 79.9 Å². The third kappa shape index (κ3) is 15.6. The van der Waals surface area contributed by atoms with E-state index < -0.39 is 30.3 Å². The zero-order valence-electron chi connectivity index (χ0n) is 54.0. The van der Waals surface area contributed by atoms with Crippen LogP contribution in [-0.2, 0) is 59.3 Å². The van der Waals surface area contributed by atoms with Crippen LogP contribution < -0.4 is 47.4 Å². The molecule has 0 aromatic heterocycles. The lowest BCUT2D eigenvalue weighted by atomic mass is 9.77. The smallest absolute Gasteiger partial charge is 0.162 e. The normalized spacial score (nSPS) is 16.0. The van der Waals surface area contributed by atoms with E-state index in [0.29, 0.717) is 91.9 Å². The van der Waals surface area contributed by atoms with Gasteiger partial charge < -0.3 is 57.6 Å². The fourth-order valence-corrected chi connectivity index (χ4v) is 12.4. The summed E-state index contributed by atoms with van der Waals surface area (Å²) in [5, 5.41) is 27.0. The van der Waals surface area contributed by atoms with Gasteiger partial charge >= 0.3 is 0 Å². The summed E-state index contributed by atoms with van der Waals surface area (Å²) in [4.78, 5) is 0. The second-order valence-corrected chi connectivity index (χ2v) is 24.4. The molecule has 0 spiro atoms. The van der Waals surface area contributed by atoms with E-state index in [1.807, 2.05) is 297 Å². The number of aliphatic hydroxyl groups is 2. The molecule has 12 aromatic rings. The van der Waals surface area contributed by atoms with Crippen LogP contribution in [-0.4, -0.2) is 22.4 Å². The number of aliphatic hydroxyl groups excluding tert-OH is 2. The first-order valence-corrected chi connectivity index (χ1v) is 33.1. The van der Waals surface area contributed by atoms with Crippen molar-refractivity contribution >= 4 is 0 Å². The van der Waals surface area contributed by atoms with E-state index in [-0.39, 0.29) is 52.7 Å². The molecule has 5 atom stereocenters. The molecule has 0 fully saturated rings. The van der Waals surface area contributed by atoms with Crippen LogP contribution in [0.5, 0.6) is 57.5 Å². The second kappa shape index (κ2) is 31.0. The minimum atomic E-state index is -1.43. The average molecular weight is 1300 g/mol. The van der Waals surface area contributed by atoms with E-state index >= 15 is 0 Å². The molecule has 14 rings (SSSR count). The number of ether oxygens (including phenoxy) is 10. The van der Waals surface area contributed by atoms with Crippen LogP contribution in [0, 0.1) is 0 Å². The predicted molar refractivity (Wildman–Crippen MR) is 376 cm³/mol. The van der Waals surface area contributed by atoms with Gasteiger partial charge in [-0.3, -0.25) is 0 Å². The van der Waals surface area contributed by atoms with E-state index in [0.717, 1.165) is 44.5 Å². The molecule has 12 aromatic carbocycles. The first-order valence-electron chi connectivity index (χ1n) is 33.1. The molecule has 12 heteroatoms. The maximum absolute atomic E-state index is 14.1. The molecule has 0 amide bonds. The Morgan fingerprint density at radius 2 is 0.612 bits per heavy atom. The van der Waals surface area contributed by atoms with Gasteiger partial charge in [0.15, 0.2) is 29.1 Å². The van der Waals surface area contributed by atoms with Gasteiger partial charge in [-0.1, -0.05) is 255 Å². The predicted octanol–water partition coefficient (Wildman–Crippen LogP) is 18.0. The van der Waals surface area contributed by atoms with Crippen LogP contribution in [0.3, 0.4) is 0 Å². The Morgan fingerprint density at radius 1 is 0.286 bits per heavy atom. The Kier molecular flexibility index (Phi) is 20.2. The molecule has 1 unspecified atom stereocenters. The van der Waals surface area contributed by atoms with Gasteiger partial charge in [0.1, 0.15) is 99.6 Å². The molecular formula is C86H74O12. The Bertz CT molecular complexity index is 4530. The molecule has 2 aliphatic rings. The maximum Gasteiger partial charge on any atom is 0.162 e. The lowest BCUT2D eigenvalue weighted by molar-refractivity contribution is 0.000521. The average Bonchev–Trinajstić information content (AvgIpc) is 0.725. The first-order chi connectivity index (χ1) is 48.4. The van der Waals surface area contributed by atoms with Crippen molar-refractivity contribution in [1.29, 1.82) is 0 Å². The van der Waals surface area contributed by atoms with Crippen LogP contribution in [0.1, 0.15) is 90.5 Å². The highest BCUT2D eigenvalue weighted by Gasteiger charge is 2.47. The Morgan fingerprint density at radius 3 is 1.00 bits per heavy atom. The largest absolute Gasteiger partial charge is 0.489 e. The molecule has 0 aliphatic carbocycles. The highest BCUT2D eigenvalue weighted by Crippen LogP contribution is 2.58. The monoisotopic (exact) mass is 1300 g/mol. The van der Waals surface area contributed by atoms with Crippen molar-refractivity contribution in [3.63, 3.8) is 0 Å². The summed E-state index contributed by atoms with van der Waals surface area (Å²) in [6.07, 6.45) is -4.62. The summed E-state index contributed by atoms with van der Waals surface area (Å²) in [6.45, 7) is 1.75. The van der Waals surface area contributed by atoms with Gasteiger partial charge in [0.2, 0.25) is 0 Å². The Labute approximate surface area is 571 Å². The van der Waals surface area contributed by atoms with E-state index in [1.165, 1.54) is 0 Å². The van der Waals surface area contributed by atoms with Crippen molar-refractivity contribution in [3.8, 4) is 57.5 Å². The van der Waals surface area contributed by atoms with Crippen molar-refractivity contribution in [2.75, 3.05) is 0 Å². The van der Waals surface area contributed by atoms with Crippen LogP contribution >= 0.6 is 0 Å². The summed E-state index contributed by atoms with van der Waals surface area (Å²) in [7, 11) is 0. The van der Waals surface area contributed by atoms with Gasteiger partial charge in [0, 0.05) is 41.3 Å². The lowest BCUT2D eigenvalue weighted by Gasteiger charge is -2.41. The van der Waals surface area contributed by atoms with Crippen molar-refractivity contribution in [1.82, 2.24) is 0 Å². The molecule has 12 nitrogen and oxygen atoms in total. The summed E-state index contributed by atoms with van der Waals surface area (Å²) in [5.41, 5.74) is 10.3. The van der Waals surface area contributed by atoms with Crippen molar-refractivity contribution < 1.29 is 57.6 Å². The molecular weight excluding hydrogens is 1220 g/mol. The zero-order valence-corrected chi connectivity index (χ0v) is 54.0. The summed E-state index contributed by atoms with van der Waals surface area (Å²) in [5.74, 6) is 3.21. The molecule has 0 saturated carbocycles. The maximum atomic E-state index is 14.1. The molecule has 2 heterocycles. The number of rotatable bonds is 27. The molecule has 2 N–H and O–H groups in total. The van der Waals surface area contributed by atoms with Gasteiger partial charge in [0.05, 0.1) is 12.0 Å². The third-order valence-corrected chi connectivity index (χ3v) is 17.5. The minimum Gasteiger partial charge on any atom is -0.489 e. The molecule has 2 aliphatic heterocycles. The van der Waals surface area contributed by atoms with E-state index in [9.17, 15) is 10.2 Å². The summed E-state index contributed by atoms with van der Waals surface area (Å²) in [6, 6.07) is 96.4. The second-order valence-electron chi connectivity index (χ2n) is 24.4. The van der Waals surface area contributed by atoms with Crippen molar-refractivity contribution in [2.24, 2.45) is 0 Å². The van der Waals surface area contributed by atoms with Crippen molar-refractivity contribution in [2.45, 2.75) is 89.6 Å². The van der Waals surface area contributed by atoms with E-state index in [4.69, 9.17) is 47.4 Å². The summed E-state index contributed by atoms with van der Waals surface area (Å²) < 4.78 is 69.4. The molecule has 0 bridgehead atoms. The van der Waals surface area contributed by atoms with Crippen LogP contribution in [0.25, 0.3) is 0 Å². The number of fused-ring (bicyclic) bond motifs is 2. The van der Waals surface area contributed by atoms with Crippen LogP contribution in [0.4, 0.5) is 0 Å². The van der Waals surface area contributed by atoms with Gasteiger partial charge in [-0.2, -0.15) is 0 Å². The third-order valence-electron chi connectivity index (χ3n) is 17.5. The number of hydrogen-bond donors (Lipinski definition) is 2. The quantitative estimate of drug-likeness (QED) is 0.0508. The van der Waals surface area contributed by atoms with Gasteiger partial charge in [0.25, 0.3) is 0 Å². The highest BCUT2D eigenvalue weighted by atomic mass is 16.5. The van der Waals surface area contributed by atoms with E-state index in [2.05, 4.69) is 0 Å². The number of hydrogen-bond acceptors (Lipinski definition) is 12. The van der Waals surface area contributed by atoms with Gasteiger partial charge in [-0.15, -0.1) is 0 Å². The standard InChI is InChI=1S/C86H74O12/c87-71-49-70-74(92-54-62-31-15-4-16-32-62)50-78(96-58-66-39-23-8-24-40-66)81(86(70)98-84(71)67-41-43-72(90-52-60-27-11-2-12-28-60)75(45-67)93-55-63-33-17-5-18-34-63)82-80-77(95-57-65-37-21-7-22-38-65)47-69(89-51-59-25-9-1-10-26-59)48-79(80)97-85(83(82)88)68-42-44-73(91-53-61-29-13-3-14-30-61)76(46-68)94-56-64-35-19-6-20-36-64/h1-48,50,71,82-85,87-88H,49,51-58H2/t71-,82?,83-,84-,85-/m1/s1. The Hall–Kier alpha value is -11.4. The molecule has 0 radical (unpaired) electrons.